The van der Waals surface area contributed by atoms with E-state index in [2.05, 4.69) is 0 Å². The Morgan fingerprint density at radius 1 is 1.08 bits per heavy atom. The highest BCUT2D eigenvalue weighted by Gasteiger charge is 2.71. The number of unbranched alkanes of at least 4 members (excludes halogenated alkanes) is 2. The van der Waals surface area contributed by atoms with E-state index in [1.807, 2.05) is 36.4 Å². The van der Waals surface area contributed by atoms with Gasteiger partial charge in [-0.1, -0.05) is 24.3 Å². The Labute approximate surface area is 210 Å². The lowest BCUT2D eigenvalue weighted by atomic mass is 9.77. The molecule has 192 valence electrons. The Bertz CT molecular complexity index is 1070. The van der Waals surface area contributed by atoms with Crippen LogP contribution in [0.2, 0.25) is 0 Å². The molecule has 2 amide bonds. The summed E-state index contributed by atoms with van der Waals surface area (Å²) >= 11 is 0. The van der Waals surface area contributed by atoms with Gasteiger partial charge in [0, 0.05) is 25.4 Å². The third-order valence-corrected chi connectivity index (χ3v) is 7.56. The molecule has 2 fully saturated rings. The van der Waals surface area contributed by atoms with E-state index in [0.29, 0.717) is 50.2 Å². The molecule has 1 N–H and O–H groups in total. The zero-order valence-corrected chi connectivity index (χ0v) is 20.4. The van der Waals surface area contributed by atoms with Crippen molar-refractivity contribution in [2.75, 3.05) is 38.3 Å². The summed E-state index contributed by atoms with van der Waals surface area (Å²) in [7, 11) is 1.58. The van der Waals surface area contributed by atoms with Crippen molar-refractivity contribution in [3.63, 3.8) is 0 Å². The molecule has 0 aromatic heterocycles. The maximum absolute atomic E-state index is 14.2. The molecule has 1 unspecified atom stereocenters. The molecule has 9 heteroatoms. The zero-order chi connectivity index (χ0) is 25.3. The number of carbonyl (C=O) groups excluding carboxylic acids is 3. The topological polar surface area (TPSA) is 106 Å². The largest absolute Gasteiger partial charge is 0.497 e. The molecule has 4 aliphatic rings. The number of hydrogen-bond acceptors (Lipinski definition) is 7. The molecular weight excluding hydrogens is 464 g/mol. The second kappa shape index (κ2) is 10.1. The van der Waals surface area contributed by atoms with Gasteiger partial charge in [-0.25, -0.2) is 0 Å². The molecule has 0 radical (unpaired) electrons. The third-order valence-electron chi connectivity index (χ3n) is 7.56. The number of cyclic esters (lactones) is 1. The first kappa shape index (κ1) is 24.5. The van der Waals surface area contributed by atoms with Crippen LogP contribution in [0.4, 0.5) is 5.69 Å². The van der Waals surface area contributed by atoms with E-state index < -0.39 is 35.6 Å². The first-order chi connectivity index (χ1) is 17.5. The van der Waals surface area contributed by atoms with Gasteiger partial charge in [-0.3, -0.25) is 14.4 Å². The molecule has 1 aromatic rings. The second-order valence-electron chi connectivity index (χ2n) is 9.59. The minimum absolute atomic E-state index is 0.0713. The Morgan fingerprint density at radius 2 is 1.89 bits per heavy atom. The number of aliphatic hydroxyl groups is 1. The number of fused-ring (bicyclic) bond motifs is 2. The number of aliphatic hydroxyl groups excluding tert-OH is 1. The molecule has 4 heterocycles. The predicted molar refractivity (Wildman–Crippen MR) is 130 cm³/mol. The summed E-state index contributed by atoms with van der Waals surface area (Å²) < 4.78 is 17.2. The quantitative estimate of drug-likeness (QED) is 0.349. The molecular formula is C27H32N2O7. The zero-order valence-electron chi connectivity index (χ0n) is 20.4. The van der Waals surface area contributed by atoms with Crippen molar-refractivity contribution in [2.45, 2.75) is 43.4 Å². The molecule has 1 spiro atoms. The molecule has 4 aliphatic heterocycles. The number of likely N-dealkylation sites (tertiary alicyclic amines) is 1. The molecule has 0 bridgehead atoms. The number of rotatable bonds is 7. The SMILES string of the molecule is COc1ccc(N2CC=C[C@]34O[C@H]5C=CCCOC(=O)[C@H]5[C@H]3C(=O)N(CCCCCO)C4C2=O)cc1. The minimum atomic E-state index is -1.27. The highest BCUT2D eigenvalue weighted by molar-refractivity contribution is 6.05. The Morgan fingerprint density at radius 3 is 2.64 bits per heavy atom. The van der Waals surface area contributed by atoms with Gasteiger partial charge in [0.2, 0.25) is 5.91 Å². The Balaban J connectivity index is 1.55. The van der Waals surface area contributed by atoms with Gasteiger partial charge in [0.05, 0.1) is 25.7 Å². The fraction of sp³-hybridized carbons (Fsp3) is 0.519. The van der Waals surface area contributed by atoms with Crippen molar-refractivity contribution in [3.05, 3.63) is 48.6 Å². The molecule has 5 rings (SSSR count). The number of carbonyl (C=O) groups is 3. The van der Waals surface area contributed by atoms with Crippen molar-refractivity contribution >= 4 is 23.5 Å². The van der Waals surface area contributed by atoms with E-state index in [-0.39, 0.29) is 25.0 Å². The van der Waals surface area contributed by atoms with Crippen molar-refractivity contribution in [3.8, 4) is 5.75 Å². The van der Waals surface area contributed by atoms with E-state index in [4.69, 9.17) is 14.2 Å². The number of methoxy groups -OCH3 is 1. The van der Waals surface area contributed by atoms with Gasteiger partial charge in [0.25, 0.3) is 5.91 Å². The Kier molecular flexibility index (Phi) is 6.85. The van der Waals surface area contributed by atoms with Gasteiger partial charge in [-0.2, -0.15) is 0 Å². The van der Waals surface area contributed by atoms with Gasteiger partial charge in [0.15, 0.2) is 0 Å². The maximum atomic E-state index is 14.2. The molecule has 0 saturated carbocycles. The van der Waals surface area contributed by atoms with E-state index in [0.717, 1.165) is 0 Å². The molecule has 36 heavy (non-hydrogen) atoms. The number of anilines is 1. The van der Waals surface area contributed by atoms with Gasteiger partial charge in [-0.15, -0.1) is 0 Å². The number of ether oxygens (including phenoxy) is 3. The van der Waals surface area contributed by atoms with Crippen LogP contribution in [0.25, 0.3) is 0 Å². The van der Waals surface area contributed by atoms with Crippen LogP contribution in [0.15, 0.2) is 48.6 Å². The number of hydrogen-bond donors (Lipinski definition) is 1. The molecule has 1 aromatic carbocycles. The van der Waals surface area contributed by atoms with Crippen LogP contribution in [0.5, 0.6) is 5.75 Å². The number of benzene rings is 1. The van der Waals surface area contributed by atoms with Gasteiger partial charge >= 0.3 is 5.97 Å². The highest BCUT2D eigenvalue weighted by atomic mass is 16.6. The van der Waals surface area contributed by atoms with Crippen LogP contribution in [0.1, 0.15) is 25.7 Å². The van der Waals surface area contributed by atoms with Gasteiger partial charge < -0.3 is 29.1 Å². The fourth-order valence-electron chi connectivity index (χ4n) is 5.91. The van der Waals surface area contributed by atoms with Crippen molar-refractivity contribution < 1.29 is 33.7 Å². The maximum Gasteiger partial charge on any atom is 0.312 e. The molecule has 5 atom stereocenters. The average Bonchev–Trinajstić information content (AvgIpc) is 3.25. The lowest BCUT2D eigenvalue weighted by molar-refractivity contribution is -0.154. The first-order valence-corrected chi connectivity index (χ1v) is 12.6. The summed E-state index contributed by atoms with van der Waals surface area (Å²) in [4.78, 5) is 44.4. The number of amides is 2. The van der Waals surface area contributed by atoms with Crippen molar-refractivity contribution in [1.82, 2.24) is 4.90 Å². The van der Waals surface area contributed by atoms with Gasteiger partial charge in [-0.05, 0) is 49.9 Å². The summed E-state index contributed by atoms with van der Waals surface area (Å²) in [5, 5.41) is 9.18. The van der Waals surface area contributed by atoms with Crippen LogP contribution < -0.4 is 9.64 Å². The average molecular weight is 497 g/mol. The van der Waals surface area contributed by atoms with Gasteiger partial charge in [0.1, 0.15) is 23.3 Å². The van der Waals surface area contributed by atoms with E-state index in [1.54, 1.807) is 29.0 Å². The summed E-state index contributed by atoms with van der Waals surface area (Å²) in [5.41, 5.74) is -0.586. The molecule has 0 aliphatic carbocycles. The van der Waals surface area contributed by atoms with Crippen LogP contribution in [-0.4, -0.2) is 79.0 Å². The first-order valence-electron chi connectivity index (χ1n) is 12.6. The fourth-order valence-corrected chi connectivity index (χ4v) is 5.91. The third kappa shape index (κ3) is 4.00. The predicted octanol–water partition coefficient (Wildman–Crippen LogP) is 1.84. The summed E-state index contributed by atoms with van der Waals surface area (Å²) in [6.45, 7) is 0.966. The summed E-state index contributed by atoms with van der Waals surface area (Å²) in [5.74, 6) is -1.97. The van der Waals surface area contributed by atoms with E-state index in [9.17, 15) is 19.5 Å². The summed E-state index contributed by atoms with van der Waals surface area (Å²) in [6.07, 6.45) is 9.30. The molecule has 2 saturated heterocycles. The van der Waals surface area contributed by atoms with Crippen molar-refractivity contribution in [1.29, 1.82) is 0 Å². The second-order valence-corrected chi connectivity index (χ2v) is 9.59. The monoisotopic (exact) mass is 496 g/mol. The lowest BCUT2D eigenvalue weighted by Gasteiger charge is -2.35. The van der Waals surface area contributed by atoms with Crippen molar-refractivity contribution in [2.24, 2.45) is 11.8 Å². The normalized spacial score (nSPS) is 31.3. The smallest absolute Gasteiger partial charge is 0.312 e. The highest BCUT2D eigenvalue weighted by Crippen LogP contribution is 2.53. The van der Waals surface area contributed by atoms with Crippen LogP contribution in [-0.2, 0) is 23.9 Å². The standard InChI is InChI=1S/C27H32N2O7/c1-34-19-11-9-18(10-12-19)28-15-7-13-27-22(21-20(36-27)8-3-6-17-35-26(21)33)24(31)29(23(27)25(28)32)14-4-2-5-16-30/h3,7-13,20-23,30H,2,4-6,14-17H2,1H3/t20-,21+,22-,23?,27-/m0/s1. The van der Waals surface area contributed by atoms with Crippen LogP contribution in [0, 0.1) is 11.8 Å². The van der Waals surface area contributed by atoms with E-state index >= 15 is 0 Å². The van der Waals surface area contributed by atoms with Crippen LogP contribution >= 0.6 is 0 Å². The minimum Gasteiger partial charge on any atom is -0.497 e. The summed E-state index contributed by atoms with van der Waals surface area (Å²) in [6, 6.07) is 6.28. The lowest BCUT2D eigenvalue weighted by Crippen LogP contribution is -2.55. The number of esters is 1. The van der Waals surface area contributed by atoms with E-state index in [1.165, 1.54) is 0 Å². The molecule has 9 nitrogen and oxygen atoms in total. The number of nitrogens with zero attached hydrogens (tertiary/aromatic N) is 2. The Hall–Kier alpha value is -3.17. The van der Waals surface area contributed by atoms with Crippen LogP contribution in [0.3, 0.4) is 0 Å².